The quantitative estimate of drug-likeness (QED) is 0.704. The summed E-state index contributed by atoms with van der Waals surface area (Å²) in [4.78, 5) is 12.2. The van der Waals surface area contributed by atoms with E-state index in [9.17, 15) is 4.79 Å². The number of carbonyl (C=O) groups is 1. The molecule has 2 rings (SSSR count). The smallest absolute Gasteiger partial charge is 0.418 e. The van der Waals surface area contributed by atoms with E-state index in [2.05, 4.69) is 19.9 Å². The zero-order valence-electron chi connectivity index (χ0n) is 12.5. The molecule has 0 spiro atoms. The van der Waals surface area contributed by atoms with Crippen molar-refractivity contribution in [3.05, 3.63) is 35.0 Å². The van der Waals surface area contributed by atoms with E-state index < -0.39 is 5.60 Å². The number of hydrogen-bond acceptors (Lipinski definition) is 2. The van der Waals surface area contributed by atoms with Crippen molar-refractivity contribution in [1.82, 2.24) is 4.57 Å². The minimum absolute atomic E-state index is 0.325. The van der Waals surface area contributed by atoms with Gasteiger partial charge in [-0.3, -0.25) is 4.57 Å². The van der Waals surface area contributed by atoms with Crippen LogP contribution in [0.2, 0.25) is 0 Å². The molecule has 0 atom stereocenters. The molecule has 0 aliphatic rings. The molecular weight excluding hydrogens is 238 g/mol. The minimum Gasteiger partial charge on any atom is -0.443 e. The molecule has 3 heteroatoms. The minimum atomic E-state index is -0.485. The zero-order chi connectivity index (χ0) is 14.4. The highest BCUT2D eigenvalue weighted by molar-refractivity contribution is 5.94. The van der Waals surface area contributed by atoms with Crippen LogP contribution in [-0.2, 0) is 4.74 Å². The van der Waals surface area contributed by atoms with E-state index in [0.717, 1.165) is 16.5 Å². The maximum absolute atomic E-state index is 12.2. The monoisotopic (exact) mass is 259 g/mol. The average molecular weight is 259 g/mol. The molecule has 1 heterocycles. The van der Waals surface area contributed by atoms with Gasteiger partial charge in [0, 0.05) is 11.6 Å². The highest BCUT2D eigenvalue weighted by Crippen LogP contribution is 2.27. The molecular formula is C16H21NO2. The molecule has 0 saturated carbocycles. The summed E-state index contributed by atoms with van der Waals surface area (Å²) in [5.74, 6) is 0. The fourth-order valence-corrected chi connectivity index (χ4v) is 2.31. The molecule has 0 aliphatic heterocycles. The molecule has 0 aliphatic carbocycles. The van der Waals surface area contributed by atoms with Gasteiger partial charge in [-0.2, -0.15) is 0 Å². The van der Waals surface area contributed by atoms with Crippen molar-refractivity contribution < 1.29 is 9.53 Å². The summed E-state index contributed by atoms with van der Waals surface area (Å²) >= 11 is 0. The molecule has 0 N–H and O–H groups in total. The van der Waals surface area contributed by atoms with Crippen LogP contribution >= 0.6 is 0 Å². The van der Waals surface area contributed by atoms with Gasteiger partial charge in [-0.15, -0.1) is 0 Å². The molecule has 0 radical (unpaired) electrons. The fourth-order valence-electron chi connectivity index (χ4n) is 2.31. The van der Waals surface area contributed by atoms with E-state index in [0.29, 0.717) is 0 Å². The lowest BCUT2D eigenvalue weighted by molar-refractivity contribution is 0.0544. The maximum atomic E-state index is 12.2. The van der Waals surface area contributed by atoms with Gasteiger partial charge in [-0.05, 0) is 64.3 Å². The number of carbonyl (C=O) groups excluding carboxylic acids is 1. The fraction of sp³-hybridized carbons (Fsp3) is 0.438. The van der Waals surface area contributed by atoms with Gasteiger partial charge in [-0.1, -0.05) is 6.07 Å². The Labute approximate surface area is 114 Å². The van der Waals surface area contributed by atoms with Crippen LogP contribution < -0.4 is 0 Å². The van der Waals surface area contributed by atoms with Crippen LogP contribution in [0, 0.1) is 20.8 Å². The Bertz CT molecular complexity index is 645. The molecule has 0 bridgehead atoms. The van der Waals surface area contributed by atoms with Crippen molar-refractivity contribution in [3.8, 4) is 0 Å². The first kappa shape index (κ1) is 13.7. The number of benzene rings is 1. The molecule has 2 aromatic rings. The van der Waals surface area contributed by atoms with Gasteiger partial charge in [0.1, 0.15) is 5.60 Å². The second-order valence-electron chi connectivity index (χ2n) is 6.06. The van der Waals surface area contributed by atoms with Crippen molar-refractivity contribution in [2.45, 2.75) is 47.1 Å². The van der Waals surface area contributed by atoms with Crippen molar-refractivity contribution in [2.24, 2.45) is 0 Å². The lowest BCUT2D eigenvalue weighted by atomic mass is 10.0. The number of fused-ring (bicyclic) bond motifs is 1. The Morgan fingerprint density at radius 1 is 1.16 bits per heavy atom. The SMILES string of the molecule is Cc1cc(C)c2c(ccn2C(=O)OC(C)(C)C)c1C. The van der Waals surface area contributed by atoms with Crippen LogP contribution in [0.5, 0.6) is 0 Å². The molecule has 19 heavy (non-hydrogen) atoms. The van der Waals surface area contributed by atoms with Gasteiger partial charge in [0.05, 0.1) is 5.52 Å². The molecule has 102 valence electrons. The predicted molar refractivity (Wildman–Crippen MR) is 77.8 cm³/mol. The number of ether oxygens (including phenoxy) is 1. The summed E-state index contributed by atoms with van der Waals surface area (Å²) in [7, 11) is 0. The molecule has 0 unspecified atom stereocenters. The Morgan fingerprint density at radius 3 is 2.37 bits per heavy atom. The number of rotatable bonds is 0. The first-order valence-corrected chi connectivity index (χ1v) is 6.52. The van der Waals surface area contributed by atoms with Gasteiger partial charge in [0.2, 0.25) is 0 Å². The van der Waals surface area contributed by atoms with Gasteiger partial charge >= 0.3 is 6.09 Å². The lowest BCUT2D eigenvalue weighted by Crippen LogP contribution is -2.26. The largest absolute Gasteiger partial charge is 0.443 e. The molecule has 1 aromatic carbocycles. The highest BCUT2D eigenvalue weighted by Gasteiger charge is 2.20. The molecule has 0 fully saturated rings. The van der Waals surface area contributed by atoms with Crippen molar-refractivity contribution in [1.29, 1.82) is 0 Å². The predicted octanol–water partition coefficient (Wildman–Crippen LogP) is 4.35. The van der Waals surface area contributed by atoms with E-state index in [1.165, 1.54) is 11.1 Å². The van der Waals surface area contributed by atoms with Gasteiger partial charge in [0.25, 0.3) is 0 Å². The van der Waals surface area contributed by atoms with E-state index in [1.54, 1.807) is 10.8 Å². The summed E-state index contributed by atoms with van der Waals surface area (Å²) in [6.45, 7) is 11.8. The lowest BCUT2D eigenvalue weighted by Gasteiger charge is -2.20. The molecule has 0 amide bonds. The number of nitrogens with zero attached hydrogens (tertiary/aromatic N) is 1. The summed E-state index contributed by atoms with van der Waals surface area (Å²) in [5.41, 5.74) is 4.00. The summed E-state index contributed by atoms with van der Waals surface area (Å²) in [6, 6.07) is 4.09. The van der Waals surface area contributed by atoms with Crippen molar-refractivity contribution in [3.63, 3.8) is 0 Å². The van der Waals surface area contributed by atoms with Crippen LogP contribution in [0.3, 0.4) is 0 Å². The Morgan fingerprint density at radius 2 is 1.79 bits per heavy atom. The molecule has 1 aromatic heterocycles. The van der Waals surface area contributed by atoms with Gasteiger partial charge < -0.3 is 4.74 Å². The van der Waals surface area contributed by atoms with E-state index in [-0.39, 0.29) is 6.09 Å². The second-order valence-corrected chi connectivity index (χ2v) is 6.06. The third-order valence-electron chi connectivity index (χ3n) is 3.28. The van der Waals surface area contributed by atoms with Crippen molar-refractivity contribution in [2.75, 3.05) is 0 Å². The average Bonchev–Trinajstić information content (AvgIpc) is 2.68. The summed E-state index contributed by atoms with van der Waals surface area (Å²) in [6.07, 6.45) is 1.46. The third kappa shape index (κ3) is 2.50. The van der Waals surface area contributed by atoms with Crippen LogP contribution in [0.1, 0.15) is 37.5 Å². The van der Waals surface area contributed by atoms with E-state index in [1.807, 2.05) is 33.8 Å². The zero-order valence-corrected chi connectivity index (χ0v) is 12.5. The Hall–Kier alpha value is -1.77. The Balaban J connectivity index is 2.58. The summed E-state index contributed by atoms with van der Waals surface area (Å²) in [5, 5.41) is 1.11. The third-order valence-corrected chi connectivity index (χ3v) is 3.28. The van der Waals surface area contributed by atoms with Crippen LogP contribution in [-0.4, -0.2) is 16.3 Å². The highest BCUT2D eigenvalue weighted by atomic mass is 16.6. The van der Waals surface area contributed by atoms with Crippen molar-refractivity contribution >= 4 is 17.0 Å². The van der Waals surface area contributed by atoms with Crippen LogP contribution in [0.15, 0.2) is 18.3 Å². The van der Waals surface area contributed by atoms with Crippen LogP contribution in [0.4, 0.5) is 4.79 Å². The first-order valence-electron chi connectivity index (χ1n) is 6.52. The molecule has 3 nitrogen and oxygen atoms in total. The number of aryl methyl sites for hydroxylation is 3. The number of hydrogen-bond donors (Lipinski definition) is 0. The topological polar surface area (TPSA) is 31.2 Å². The normalized spacial score (nSPS) is 11.9. The second kappa shape index (κ2) is 4.41. The van der Waals surface area contributed by atoms with Gasteiger partial charge in [-0.25, -0.2) is 4.79 Å². The first-order chi connectivity index (χ1) is 8.70. The molecule has 0 saturated heterocycles. The summed E-state index contributed by atoms with van der Waals surface area (Å²) < 4.78 is 7.04. The van der Waals surface area contributed by atoms with E-state index >= 15 is 0 Å². The Kier molecular flexibility index (Phi) is 3.17. The van der Waals surface area contributed by atoms with E-state index in [4.69, 9.17) is 4.74 Å². The van der Waals surface area contributed by atoms with Gasteiger partial charge in [0.15, 0.2) is 0 Å². The number of aromatic nitrogens is 1. The van der Waals surface area contributed by atoms with Crippen LogP contribution in [0.25, 0.3) is 10.9 Å². The standard InChI is InChI=1S/C16H21NO2/c1-10-9-11(2)14-13(12(10)3)7-8-17(14)15(18)19-16(4,5)6/h7-9H,1-6H3. The maximum Gasteiger partial charge on any atom is 0.418 e.